The highest BCUT2D eigenvalue weighted by Gasteiger charge is 2.40. The van der Waals surface area contributed by atoms with Gasteiger partial charge >= 0.3 is 0 Å². The molecular formula is C18H29NO. The van der Waals surface area contributed by atoms with Crippen molar-refractivity contribution in [3.05, 3.63) is 34.9 Å². The topological polar surface area (TPSA) is 21.3 Å². The van der Waals surface area contributed by atoms with E-state index in [4.69, 9.17) is 4.74 Å². The molecule has 2 nitrogen and oxygen atoms in total. The van der Waals surface area contributed by atoms with Gasteiger partial charge < -0.3 is 10.1 Å². The van der Waals surface area contributed by atoms with E-state index in [1.807, 2.05) is 0 Å². The van der Waals surface area contributed by atoms with E-state index in [1.165, 1.54) is 16.7 Å². The SMILES string of the molecule is CNC(Cc1cc(C)cc(C)c1)C1C(C)OC(C)C1C. The van der Waals surface area contributed by atoms with Gasteiger partial charge in [-0.05, 0) is 52.6 Å². The molecule has 0 aliphatic carbocycles. The van der Waals surface area contributed by atoms with E-state index < -0.39 is 0 Å². The molecule has 5 unspecified atom stereocenters. The molecule has 1 aliphatic heterocycles. The minimum Gasteiger partial charge on any atom is -0.375 e. The predicted molar refractivity (Wildman–Crippen MR) is 85.1 cm³/mol. The van der Waals surface area contributed by atoms with Crippen molar-refractivity contribution in [2.75, 3.05) is 7.05 Å². The van der Waals surface area contributed by atoms with Crippen LogP contribution in [-0.4, -0.2) is 25.3 Å². The Balaban J connectivity index is 2.16. The second-order valence-electron chi connectivity index (χ2n) is 6.58. The van der Waals surface area contributed by atoms with Gasteiger partial charge in [0, 0.05) is 12.0 Å². The average molecular weight is 275 g/mol. The first kappa shape index (κ1) is 15.5. The maximum absolute atomic E-state index is 6.01. The Kier molecular flexibility index (Phi) is 4.87. The van der Waals surface area contributed by atoms with Crippen LogP contribution in [0.15, 0.2) is 18.2 Å². The van der Waals surface area contributed by atoms with E-state index in [0.717, 1.165) is 6.42 Å². The molecule has 1 aromatic rings. The first-order valence-electron chi connectivity index (χ1n) is 7.82. The number of likely N-dealkylation sites (N-methyl/N-ethyl adjacent to an activating group) is 1. The number of benzene rings is 1. The molecule has 1 saturated heterocycles. The summed E-state index contributed by atoms with van der Waals surface area (Å²) < 4.78 is 6.01. The minimum absolute atomic E-state index is 0.336. The predicted octanol–water partition coefficient (Wildman–Crippen LogP) is 3.49. The third-order valence-electron chi connectivity index (χ3n) is 4.89. The van der Waals surface area contributed by atoms with Crippen LogP contribution < -0.4 is 5.32 Å². The Morgan fingerprint density at radius 2 is 1.65 bits per heavy atom. The fraction of sp³-hybridized carbons (Fsp3) is 0.667. The normalized spacial score (nSPS) is 31.5. The number of aryl methyl sites for hydroxylation is 2. The van der Waals surface area contributed by atoms with Gasteiger partial charge in [-0.3, -0.25) is 0 Å². The first-order chi connectivity index (χ1) is 9.42. The molecule has 0 amide bonds. The van der Waals surface area contributed by atoms with Crippen LogP contribution in [0.4, 0.5) is 0 Å². The van der Waals surface area contributed by atoms with Crippen LogP contribution in [0.5, 0.6) is 0 Å². The summed E-state index contributed by atoms with van der Waals surface area (Å²) in [6, 6.07) is 7.34. The minimum atomic E-state index is 0.336. The molecule has 2 rings (SSSR count). The lowest BCUT2D eigenvalue weighted by atomic mass is 9.81. The molecule has 20 heavy (non-hydrogen) atoms. The molecule has 0 aromatic heterocycles. The summed E-state index contributed by atoms with van der Waals surface area (Å²) in [5.41, 5.74) is 4.14. The monoisotopic (exact) mass is 275 g/mol. The molecule has 1 aromatic carbocycles. The van der Waals surface area contributed by atoms with E-state index in [-0.39, 0.29) is 0 Å². The Morgan fingerprint density at radius 1 is 1.05 bits per heavy atom. The Morgan fingerprint density at radius 3 is 2.10 bits per heavy atom. The van der Waals surface area contributed by atoms with Gasteiger partial charge in [-0.2, -0.15) is 0 Å². The molecular weight excluding hydrogens is 246 g/mol. The fourth-order valence-corrected chi connectivity index (χ4v) is 3.86. The largest absolute Gasteiger partial charge is 0.375 e. The smallest absolute Gasteiger partial charge is 0.0597 e. The van der Waals surface area contributed by atoms with E-state index in [0.29, 0.717) is 30.1 Å². The molecule has 0 radical (unpaired) electrons. The Bertz CT molecular complexity index is 436. The van der Waals surface area contributed by atoms with Crippen molar-refractivity contribution in [3.63, 3.8) is 0 Å². The highest BCUT2D eigenvalue weighted by atomic mass is 16.5. The van der Waals surface area contributed by atoms with Gasteiger partial charge in [0.15, 0.2) is 0 Å². The Labute approximate surface area is 123 Å². The zero-order chi connectivity index (χ0) is 14.9. The third kappa shape index (κ3) is 3.24. The van der Waals surface area contributed by atoms with Crippen molar-refractivity contribution < 1.29 is 4.74 Å². The second-order valence-corrected chi connectivity index (χ2v) is 6.58. The molecule has 2 heteroatoms. The van der Waals surface area contributed by atoms with Gasteiger partial charge in [0.1, 0.15) is 0 Å². The van der Waals surface area contributed by atoms with E-state index in [9.17, 15) is 0 Å². The van der Waals surface area contributed by atoms with Crippen molar-refractivity contribution >= 4 is 0 Å². The summed E-state index contributed by atoms with van der Waals surface area (Å²) in [6.07, 6.45) is 1.78. The molecule has 1 aliphatic rings. The van der Waals surface area contributed by atoms with Gasteiger partial charge in [0.2, 0.25) is 0 Å². The van der Waals surface area contributed by atoms with Crippen molar-refractivity contribution in [3.8, 4) is 0 Å². The molecule has 1 fully saturated rings. The van der Waals surface area contributed by atoms with E-state index >= 15 is 0 Å². The standard InChI is InChI=1S/C18H29NO/c1-11-7-12(2)9-16(8-11)10-17(19-6)18-13(3)14(4)20-15(18)5/h7-9,13-15,17-19H,10H2,1-6H3. The van der Waals surface area contributed by atoms with Gasteiger partial charge in [-0.1, -0.05) is 36.2 Å². The van der Waals surface area contributed by atoms with E-state index in [1.54, 1.807) is 0 Å². The molecule has 5 atom stereocenters. The molecule has 0 spiro atoms. The molecule has 112 valence electrons. The van der Waals surface area contributed by atoms with Crippen molar-refractivity contribution in [2.24, 2.45) is 11.8 Å². The lowest BCUT2D eigenvalue weighted by molar-refractivity contribution is 0.0479. The van der Waals surface area contributed by atoms with Crippen LogP contribution in [0, 0.1) is 25.7 Å². The van der Waals surface area contributed by atoms with Crippen molar-refractivity contribution in [2.45, 2.75) is 59.3 Å². The molecule has 1 heterocycles. The fourth-order valence-electron chi connectivity index (χ4n) is 3.86. The highest BCUT2D eigenvalue weighted by Crippen LogP contribution is 2.35. The van der Waals surface area contributed by atoms with Crippen LogP contribution in [0.2, 0.25) is 0 Å². The number of hydrogen-bond acceptors (Lipinski definition) is 2. The van der Waals surface area contributed by atoms with Crippen molar-refractivity contribution in [1.82, 2.24) is 5.32 Å². The number of hydrogen-bond donors (Lipinski definition) is 1. The molecule has 1 N–H and O–H groups in total. The summed E-state index contributed by atoms with van der Waals surface area (Å²) in [4.78, 5) is 0. The van der Waals surface area contributed by atoms with Crippen LogP contribution >= 0.6 is 0 Å². The maximum atomic E-state index is 6.01. The van der Waals surface area contributed by atoms with Crippen LogP contribution in [0.25, 0.3) is 0 Å². The molecule has 0 bridgehead atoms. The lowest BCUT2D eigenvalue weighted by Crippen LogP contribution is -2.41. The summed E-state index contributed by atoms with van der Waals surface area (Å²) >= 11 is 0. The van der Waals surface area contributed by atoms with Crippen LogP contribution in [-0.2, 0) is 11.2 Å². The van der Waals surface area contributed by atoms with Crippen molar-refractivity contribution in [1.29, 1.82) is 0 Å². The zero-order valence-corrected chi connectivity index (χ0v) is 13.7. The van der Waals surface area contributed by atoms with Crippen LogP contribution in [0.1, 0.15) is 37.5 Å². The summed E-state index contributed by atoms with van der Waals surface area (Å²) in [5, 5.41) is 3.53. The van der Waals surface area contributed by atoms with Gasteiger partial charge in [0.25, 0.3) is 0 Å². The number of rotatable bonds is 4. The first-order valence-corrected chi connectivity index (χ1v) is 7.82. The second kappa shape index (κ2) is 6.28. The summed E-state index contributed by atoms with van der Waals surface area (Å²) in [7, 11) is 2.08. The quantitative estimate of drug-likeness (QED) is 0.908. The van der Waals surface area contributed by atoms with Gasteiger partial charge in [-0.25, -0.2) is 0 Å². The summed E-state index contributed by atoms with van der Waals surface area (Å²) in [6.45, 7) is 11.1. The van der Waals surface area contributed by atoms with Crippen LogP contribution in [0.3, 0.4) is 0 Å². The molecule has 0 saturated carbocycles. The zero-order valence-electron chi connectivity index (χ0n) is 13.7. The third-order valence-corrected chi connectivity index (χ3v) is 4.89. The number of nitrogens with one attached hydrogen (secondary N) is 1. The number of ether oxygens (including phenoxy) is 1. The van der Waals surface area contributed by atoms with Gasteiger partial charge in [-0.15, -0.1) is 0 Å². The van der Waals surface area contributed by atoms with Gasteiger partial charge in [0.05, 0.1) is 12.2 Å². The summed E-state index contributed by atoms with van der Waals surface area (Å²) in [5.74, 6) is 1.18. The lowest BCUT2D eigenvalue weighted by Gasteiger charge is -2.29. The average Bonchev–Trinajstić information content (AvgIpc) is 2.60. The van der Waals surface area contributed by atoms with E-state index in [2.05, 4.69) is 65.2 Å². The highest BCUT2D eigenvalue weighted by molar-refractivity contribution is 5.29. The maximum Gasteiger partial charge on any atom is 0.0597 e. The Hall–Kier alpha value is -0.860.